The monoisotopic (exact) mass is 259 g/mol. The van der Waals surface area contributed by atoms with Crippen LogP contribution in [-0.4, -0.2) is 28.6 Å². The van der Waals surface area contributed by atoms with Crippen LogP contribution >= 0.6 is 22.9 Å². The lowest BCUT2D eigenvalue weighted by Gasteiger charge is -2.39. The van der Waals surface area contributed by atoms with Crippen molar-refractivity contribution < 1.29 is 5.11 Å². The summed E-state index contributed by atoms with van der Waals surface area (Å²) in [7, 11) is 0. The number of hydrogen-bond acceptors (Lipinski definition) is 3. The van der Waals surface area contributed by atoms with E-state index in [1.807, 2.05) is 11.4 Å². The maximum atomic E-state index is 10.5. The number of thiophene rings is 1. The highest BCUT2D eigenvalue weighted by Gasteiger charge is 2.37. The molecule has 16 heavy (non-hydrogen) atoms. The molecule has 1 saturated heterocycles. The van der Waals surface area contributed by atoms with E-state index in [2.05, 4.69) is 18.7 Å². The molecule has 4 heteroatoms. The molecule has 1 aliphatic rings. The fraction of sp³-hybridized carbons (Fsp3) is 0.667. The molecule has 1 fully saturated rings. The summed E-state index contributed by atoms with van der Waals surface area (Å²) in [5.41, 5.74) is -0.231. The summed E-state index contributed by atoms with van der Waals surface area (Å²) >= 11 is 7.61. The van der Waals surface area contributed by atoms with E-state index in [1.165, 1.54) is 24.2 Å². The first-order valence-electron chi connectivity index (χ1n) is 5.69. The molecule has 2 heterocycles. The molecule has 90 valence electrons. The van der Waals surface area contributed by atoms with Gasteiger partial charge in [-0.2, -0.15) is 0 Å². The zero-order valence-corrected chi connectivity index (χ0v) is 11.3. The largest absolute Gasteiger partial charge is 0.386 e. The van der Waals surface area contributed by atoms with E-state index < -0.39 is 6.10 Å². The van der Waals surface area contributed by atoms with E-state index in [0.717, 1.165) is 18.0 Å². The Balaban J connectivity index is 2.19. The van der Waals surface area contributed by atoms with Gasteiger partial charge in [0.25, 0.3) is 0 Å². The zero-order valence-electron chi connectivity index (χ0n) is 9.74. The summed E-state index contributed by atoms with van der Waals surface area (Å²) in [6, 6.07) is 1.85. The van der Waals surface area contributed by atoms with Crippen LogP contribution in [0.4, 0.5) is 0 Å². The van der Waals surface area contributed by atoms with Crippen LogP contribution in [-0.2, 0) is 0 Å². The van der Waals surface area contributed by atoms with Crippen LogP contribution in [0.15, 0.2) is 11.4 Å². The molecule has 0 saturated carbocycles. The van der Waals surface area contributed by atoms with E-state index in [4.69, 9.17) is 11.6 Å². The second-order valence-corrected chi connectivity index (χ2v) is 6.24. The van der Waals surface area contributed by atoms with Crippen molar-refractivity contribution in [2.24, 2.45) is 0 Å². The van der Waals surface area contributed by atoms with Crippen molar-refractivity contribution in [2.45, 2.75) is 38.3 Å². The van der Waals surface area contributed by atoms with Gasteiger partial charge in [0.1, 0.15) is 6.10 Å². The molecule has 2 nitrogen and oxygen atoms in total. The van der Waals surface area contributed by atoms with Crippen LogP contribution in [0, 0.1) is 0 Å². The van der Waals surface area contributed by atoms with Crippen LogP contribution < -0.4 is 0 Å². The molecule has 0 bridgehead atoms. The van der Waals surface area contributed by atoms with Crippen molar-refractivity contribution >= 4 is 22.9 Å². The molecule has 1 aromatic rings. The van der Waals surface area contributed by atoms with E-state index in [0.29, 0.717) is 5.02 Å². The molecule has 0 spiro atoms. The summed E-state index contributed by atoms with van der Waals surface area (Å²) < 4.78 is 0. The normalized spacial score (nSPS) is 20.2. The van der Waals surface area contributed by atoms with E-state index in [9.17, 15) is 5.11 Å². The maximum Gasteiger partial charge on any atom is 0.107 e. The van der Waals surface area contributed by atoms with Crippen LogP contribution in [0.2, 0.25) is 5.02 Å². The third-order valence-corrected chi connectivity index (χ3v) is 4.89. The van der Waals surface area contributed by atoms with Crippen molar-refractivity contribution in [3.8, 4) is 0 Å². The molecule has 1 N–H and O–H groups in total. The second-order valence-electron chi connectivity index (χ2n) is 4.88. The average molecular weight is 260 g/mol. The molecule has 0 radical (unpaired) electrons. The van der Waals surface area contributed by atoms with Gasteiger partial charge in [0.15, 0.2) is 0 Å². The molecule has 0 aliphatic carbocycles. The summed E-state index contributed by atoms with van der Waals surface area (Å²) in [5.74, 6) is 0. The Kier molecular flexibility index (Phi) is 3.59. The Morgan fingerprint density at radius 2 is 2.06 bits per heavy atom. The van der Waals surface area contributed by atoms with Gasteiger partial charge in [-0.25, -0.2) is 0 Å². The number of nitrogens with zero attached hydrogens (tertiary/aromatic N) is 1. The smallest absolute Gasteiger partial charge is 0.107 e. The number of rotatable bonds is 3. The minimum atomic E-state index is -0.502. The first-order chi connectivity index (χ1) is 7.53. The van der Waals surface area contributed by atoms with Crippen LogP contribution in [0.5, 0.6) is 0 Å². The zero-order chi connectivity index (χ0) is 11.8. The topological polar surface area (TPSA) is 23.5 Å². The van der Waals surface area contributed by atoms with Crippen LogP contribution in [0.25, 0.3) is 0 Å². The average Bonchev–Trinajstić information content (AvgIpc) is 2.86. The van der Waals surface area contributed by atoms with Crippen molar-refractivity contribution in [3.63, 3.8) is 0 Å². The highest BCUT2D eigenvalue weighted by atomic mass is 35.5. The molecular weight excluding hydrogens is 242 g/mol. The third-order valence-electron chi connectivity index (χ3n) is 3.48. The Hall–Kier alpha value is -0.0900. The number of likely N-dealkylation sites (tertiary alicyclic amines) is 1. The lowest BCUT2D eigenvalue weighted by atomic mass is 9.94. The number of halogens is 1. The minimum Gasteiger partial charge on any atom is -0.386 e. The molecule has 0 amide bonds. The summed E-state index contributed by atoms with van der Waals surface area (Å²) in [6.07, 6.45) is 1.96. The number of aliphatic hydroxyl groups excluding tert-OH is 1. The third kappa shape index (κ3) is 2.14. The molecule has 0 aromatic carbocycles. The number of hydrogen-bond donors (Lipinski definition) is 1. The first-order valence-corrected chi connectivity index (χ1v) is 6.95. The molecule has 2 rings (SSSR count). The van der Waals surface area contributed by atoms with Gasteiger partial charge in [-0.05, 0) is 51.2 Å². The van der Waals surface area contributed by atoms with Crippen molar-refractivity contribution in [2.75, 3.05) is 13.1 Å². The predicted molar refractivity (Wildman–Crippen MR) is 69.2 cm³/mol. The first kappa shape index (κ1) is 12.4. The fourth-order valence-corrected chi connectivity index (χ4v) is 3.61. The van der Waals surface area contributed by atoms with Gasteiger partial charge >= 0.3 is 0 Å². The Morgan fingerprint density at radius 1 is 1.44 bits per heavy atom. The molecule has 1 unspecified atom stereocenters. The highest BCUT2D eigenvalue weighted by molar-refractivity contribution is 7.10. The predicted octanol–water partition coefficient (Wildman–Crippen LogP) is 3.31. The van der Waals surface area contributed by atoms with Gasteiger partial charge in [-0.3, -0.25) is 4.90 Å². The summed E-state index contributed by atoms with van der Waals surface area (Å²) in [5, 5.41) is 13.1. The van der Waals surface area contributed by atoms with Gasteiger partial charge in [0, 0.05) is 5.54 Å². The molecule has 1 atom stereocenters. The minimum absolute atomic E-state index is 0.231. The van der Waals surface area contributed by atoms with E-state index >= 15 is 0 Å². The van der Waals surface area contributed by atoms with Crippen molar-refractivity contribution in [3.05, 3.63) is 21.3 Å². The molecule has 1 aromatic heterocycles. The van der Waals surface area contributed by atoms with Crippen LogP contribution in [0.1, 0.15) is 37.7 Å². The molecule has 1 aliphatic heterocycles. The van der Waals surface area contributed by atoms with Gasteiger partial charge in [-0.1, -0.05) is 11.6 Å². The second kappa shape index (κ2) is 4.65. The standard InChI is InChI=1S/C12H18ClNOS/c1-12(2,14-6-3-4-7-14)11(15)10-9(13)5-8-16-10/h5,8,11,15H,3-4,6-7H2,1-2H3. The van der Waals surface area contributed by atoms with Gasteiger partial charge in [0.05, 0.1) is 9.90 Å². The number of aliphatic hydroxyl groups is 1. The SMILES string of the molecule is CC(C)(C(O)c1sccc1Cl)N1CCCC1. The lowest BCUT2D eigenvalue weighted by molar-refractivity contribution is 0.00352. The van der Waals surface area contributed by atoms with Gasteiger partial charge in [0.2, 0.25) is 0 Å². The maximum absolute atomic E-state index is 10.5. The summed E-state index contributed by atoms with van der Waals surface area (Å²) in [4.78, 5) is 3.24. The summed E-state index contributed by atoms with van der Waals surface area (Å²) in [6.45, 7) is 6.35. The fourth-order valence-electron chi connectivity index (χ4n) is 2.29. The van der Waals surface area contributed by atoms with Gasteiger partial charge < -0.3 is 5.11 Å². The van der Waals surface area contributed by atoms with E-state index in [1.54, 1.807) is 0 Å². The Bertz CT molecular complexity index is 358. The van der Waals surface area contributed by atoms with E-state index in [-0.39, 0.29) is 5.54 Å². The van der Waals surface area contributed by atoms with Crippen molar-refractivity contribution in [1.29, 1.82) is 0 Å². The highest BCUT2D eigenvalue weighted by Crippen LogP contribution is 2.38. The molecular formula is C12H18ClNOS. The van der Waals surface area contributed by atoms with Crippen molar-refractivity contribution in [1.82, 2.24) is 4.90 Å². The quantitative estimate of drug-likeness (QED) is 0.900. The van der Waals surface area contributed by atoms with Crippen LogP contribution in [0.3, 0.4) is 0 Å². The van der Waals surface area contributed by atoms with Gasteiger partial charge in [-0.15, -0.1) is 11.3 Å². The lowest BCUT2D eigenvalue weighted by Crippen LogP contribution is -2.46. The Morgan fingerprint density at radius 3 is 2.56 bits per heavy atom. The Labute approximate surface area is 106 Å².